The summed E-state index contributed by atoms with van der Waals surface area (Å²) in [7, 11) is 4.28. The van der Waals surface area contributed by atoms with Crippen molar-refractivity contribution in [2.24, 2.45) is 0 Å². The molecule has 0 fully saturated rings. The number of methoxy groups -OCH3 is 3. The first-order valence-corrected chi connectivity index (χ1v) is 8.54. The third kappa shape index (κ3) is 3.09. The van der Waals surface area contributed by atoms with E-state index in [9.17, 15) is 9.59 Å². The summed E-state index contributed by atoms with van der Waals surface area (Å²) in [4.78, 5) is 25.0. The number of esters is 1. The Labute approximate surface area is 154 Å². The standard InChI is InChI=1S/C19H17NO5S/c1-23-13-9-6-8-12(16(13)24-2)17(21)20-18-15(19(22)25-3)11-7-4-5-10-14(11)26-18/h4-10H,1-3H3,(H,20,21). The van der Waals surface area contributed by atoms with Gasteiger partial charge in [-0.3, -0.25) is 4.79 Å². The molecule has 134 valence electrons. The van der Waals surface area contributed by atoms with Crippen molar-refractivity contribution in [2.75, 3.05) is 26.6 Å². The number of hydrogen-bond acceptors (Lipinski definition) is 6. The summed E-state index contributed by atoms with van der Waals surface area (Å²) in [6.07, 6.45) is 0. The smallest absolute Gasteiger partial charge is 0.341 e. The fourth-order valence-corrected chi connectivity index (χ4v) is 3.76. The van der Waals surface area contributed by atoms with Gasteiger partial charge in [0.1, 0.15) is 10.6 Å². The highest BCUT2D eigenvalue weighted by Crippen LogP contribution is 2.37. The highest BCUT2D eigenvalue weighted by Gasteiger charge is 2.23. The van der Waals surface area contributed by atoms with Crippen LogP contribution in [-0.2, 0) is 4.74 Å². The summed E-state index contributed by atoms with van der Waals surface area (Å²) in [5.74, 6) is -0.134. The topological polar surface area (TPSA) is 73.9 Å². The van der Waals surface area contributed by atoms with Crippen LogP contribution in [0.15, 0.2) is 42.5 Å². The van der Waals surface area contributed by atoms with Gasteiger partial charge in [0.15, 0.2) is 11.5 Å². The van der Waals surface area contributed by atoms with Crippen LogP contribution in [-0.4, -0.2) is 33.2 Å². The molecule has 0 atom stereocenters. The third-order valence-corrected chi connectivity index (χ3v) is 4.95. The Morgan fingerprint density at radius 2 is 1.73 bits per heavy atom. The monoisotopic (exact) mass is 371 g/mol. The van der Waals surface area contributed by atoms with E-state index in [4.69, 9.17) is 14.2 Å². The number of benzene rings is 2. The predicted octanol–water partition coefficient (Wildman–Crippen LogP) is 3.96. The molecule has 0 aliphatic rings. The van der Waals surface area contributed by atoms with E-state index in [2.05, 4.69) is 5.32 Å². The van der Waals surface area contributed by atoms with Crippen LogP contribution < -0.4 is 14.8 Å². The van der Waals surface area contributed by atoms with Crippen LogP contribution in [0, 0.1) is 0 Å². The van der Waals surface area contributed by atoms with Crippen molar-refractivity contribution in [2.45, 2.75) is 0 Å². The number of fused-ring (bicyclic) bond motifs is 1. The van der Waals surface area contributed by atoms with Crippen molar-refractivity contribution >= 4 is 38.3 Å². The first kappa shape index (κ1) is 17.8. The maximum Gasteiger partial charge on any atom is 0.341 e. The second-order valence-corrected chi connectivity index (χ2v) is 6.34. The number of anilines is 1. The first-order chi connectivity index (χ1) is 12.6. The van der Waals surface area contributed by atoms with Crippen LogP contribution in [0.2, 0.25) is 0 Å². The first-order valence-electron chi connectivity index (χ1n) is 7.72. The van der Waals surface area contributed by atoms with Crippen LogP contribution >= 0.6 is 11.3 Å². The van der Waals surface area contributed by atoms with E-state index < -0.39 is 11.9 Å². The zero-order valence-corrected chi connectivity index (χ0v) is 15.3. The van der Waals surface area contributed by atoms with Gasteiger partial charge in [0.05, 0.1) is 26.9 Å². The number of ether oxygens (including phenoxy) is 3. The van der Waals surface area contributed by atoms with E-state index in [-0.39, 0.29) is 0 Å². The lowest BCUT2D eigenvalue weighted by atomic mass is 10.1. The summed E-state index contributed by atoms with van der Waals surface area (Å²) in [6.45, 7) is 0. The minimum absolute atomic E-state index is 0.306. The van der Waals surface area contributed by atoms with Gasteiger partial charge in [0, 0.05) is 10.1 Å². The number of amides is 1. The number of carbonyl (C=O) groups excluding carboxylic acids is 2. The number of carbonyl (C=O) groups is 2. The van der Waals surface area contributed by atoms with E-state index >= 15 is 0 Å². The van der Waals surface area contributed by atoms with Gasteiger partial charge >= 0.3 is 5.97 Å². The number of para-hydroxylation sites is 1. The number of rotatable bonds is 5. The van der Waals surface area contributed by atoms with Crippen molar-refractivity contribution in [3.05, 3.63) is 53.6 Å². The van der Waals surface area contributed by atoms with E-state index in [1.165, 1.54) is 32.7 Å². The molecule has 0 aliphatic heterocycles. The highest BCUT2D eigenvalue weighted by atomic mass is 32.1. The fraction of sp³-hybridized carbons (Fsp3) is 0.158. The molecule has 7 heteroatoms. The number of nitrogens with one attached hydrogen (secondary N) is 1. The van der Waals surface area contributed by atoms with Crippen LogP contribution in [0.1, 0.15) is 20.7 Å². The van der Waals surface area contributed by atoms with Crippen LogP contribution in [0.5, 0.6) is 11.5 Å². The summed E-state index contributed by atoms with van der Waals surface area (Å²) in [5.41, 5.74) is 0.642. The van der Waals surface area contributed by atoms with Gasteiger partial charge < -0.3 is 19.5 Å². The SMILES string of the molecule is COC(=O)c1c(NC(=O)c2cccc(OC)c2OC)sc2ccccc12. The maximum atomic E-state index is 12.8. The lowest BCUT2D eigenvalue weighted by Gasteiger charge is -2.12. The molecule has 0 saturated heterocycles. The van der Waals surface area contributed by atoms with Crippen molar-refractivity contribution in [1.29, 1.82) is 0 Å². The van der Waals surface area contributed by atoms with Crippen LogP contribution in [0.4, 0.5) is 5.00 Å². The predicted molar refractivity (Wildman–Crippen MR) is 101 cm³/mol. The zero-order chi connectivity index (χ0) is 18.7. The maximum absolute atomic E-state index is 12.8. The third-order valence-electron chi connectivity index (χ3n) is 3.86. The molecule has 0 radical (unpaired) electrons. The Balaban J connectivity index is 2.04. The Kier molecular flexibility index (Phi) is 5.09. The van der Waals surface area contributed by atoms with Gasteiger partial charge in [-0.2, -0.15) is 0 Å². The molecule has 1 heterocycles. The molecule has 0 saturated carbocycles. The van der Waals surface area contributed by atoms with Crippen molar-refractivity contribution in [1.82, 2.24) is 0 Å². The van der Waals surface area contributed by atoms with Gasteiger partial charge in [-0.05, 0) is 18.2 Å². The number of hydrogen-bond donors (Lipinski definition) is 1. The summed E-state index contributed by atoms with van der Waals surface area (Å²) in [5, 5.41) is 3.96. The molecule has 0 bridgehead atoms. The zero-order valence-electron chi connectivity index (χ0n) is 14.5. The van der Waals surface area contributed by atoms with Crippen molar-refractivity contribution < 1.29 is 23.8 Å². The molecule has 0 aliphatic carbocycles. The average molecular weight is 371 g/mol. The Hall–Kier alpha value is -3.06. The highest BCUT2D eigenvalue weighted by molar-refractivity contribution is 7.23. The van der Waals surface area contributed by atoms with Gasteiger partial charge in [-0.1, -0.05) is 24.3 Å². The molecular weight excluding hydrogens is 354 g/mol. The van der Waals surface area contributed by atoms with Gasteiger partial charge in [0.2, 0.25) is 0 Å². The van der Waals surface area contributed by atoms with Crippen LogP contribution in [0.3, 0.4) is 0 Å². The summed E-state index contributed by atoms with van der Waals surface area (Å²) >= 11 is 1.31. The normalized spacial score (nSPS) is 10.4. The Morgan fingerprint density at radius 3 is 2.42 bits per heavy atom. The molecule has 2 aromatic carbocycles. The van der Waals surface area contributed by atoms with E-state index in [1.807, 2.05) is 24.3 Å². The summed E-state index contributed by atoms with van der Waals surface area (Å²) in [6, 6.07) is 12.4. The Bertz CT molecular complexity index is 979. The minimum Gasteiger partial charge on any atom is -0.493 e. The van der Waals surface area contributed by atoms with E-state index in [0.29, 0.717) is 27.6 Å². The molecule has 26 heavy (non-hydrogen) atoms. The van der Waals surface area contributed by atoms with Crippen molar-refractivity contribution in [3.63, 3.8) is 0 Å². The largest absolute Gasteiger partial charge is 0.493 e. The molecule has 1 N–H and O–H groups in total. The van der Waals surface area contributed by atoms with Crippen molar-refractivity contribution in [3.8, 4) is 11.5 Å². The average Bonchev–Trinajstić information content (AvgIpc) is 3.04. The molecule has 3 rings (SSSR count). The molecule has 1 amide bonds. The molecule has 3 aromatic rings. The lowest BCUT2D eigenvalue weighted by molar-refractivity contribution is 0.0604. The molecular formula is C19H17NO5S. The quantitative estimate of drug-likeness (QED) is 0.687. The lowest BCUT2D eigenvalue weighted by Crippen LogP contribution is -2.15. The fourth-order valence-electron chi connectivity index (χ4n) is 2.67. The summed E-state index contributed by atoms with van der Waals surface area (Å²) < 4.78 is 16.3. The molecule has 0 unspecified atom stereocenters. The van der Waals surface area contributed by atoms with Gasteiger partial charge in [-0.15, -0.1) is 11.3 Å². The second-order valence-electron chi connectivity index (χ2n) is 5.29. The molecule has 1 aromatic heterocycles. The van der Waals surface area contributed by atoms with Gasteiger partial charge in [-0.25, -0.2) is 4.79 Å². The minimum atomic E-state index is -0.504. The van der Waals surface area contributed by atoms with Gasteiger partial charge in [0.25, 0.3) is 5.91 Å². The second kappa shape index (κ2) is 7.45. The van der Waals surface area contributed by atoms with Crippen LogP contribution in [0.25, 0.3) is 10.1 Å². The van der Waals surface area contributed by atoms with E-state index in [1.54, 1.807) is 18.2 Å². The van der Waals surface area contributed by atoms with E-state index in [0.717, 1.165) is 10.1 Å². The molecule has 6 nitrogen and oxygen atoms in total. The number of thiophene rings is 1. The Morgan fingerprint density at radius 1 is 0.962 bits per heavy atom. The molecule has 0 spiro atoms.